The van der Waals surface area contributed by atoms with E-state index in [0.717, 1.165) is 5.56 Å². The zero-order chi connectivity index (χ0) is 19.2. The maximum absolute atomic E-state index is 12.6. The van der Waals surface area contributed by atoms with Crippen LogP contribution >= 0.6 is 11.6 Å². The number of carbonyl (C=O) groups is 2. The van der Waals surface area contributed by atoms with Crippen LogP contribution in [0.3, 0.4) is 0 Å². The Balaban J connectivity index is 1.94. The first kappa shape index (κ1) is 20.7. The lowest BCUT2D eigenvalue weighted by atomic mass is 9.92. The van der Waals surface area contributed by atoms with E-state index < -0.39 is 5.54 Å². The third-order valence-corrected chi connectivity index (χ3v) is 5.38. The third kappa shape index (κ3) is 5.19. The van der Waals surface area contributed by atoms with Gasteiger partial charge in [0, 0.05) is 24.5 Å². The van der Waals surface area contributed by atoms with E-state index in [-0.39, 0.29) is 30.9 Å². The quantitative estimate of drug-likeness (QED) is 0.633. The number of likely N-dealkylation sites (tertiary alicyclic amines) is 1. The van der Waals surface area contributed by atoms with E-state index in [1.807, 2.05) is 24.3 Å². The monoisotopic (exact) mass is 382 g/mol. The van der Waals surface area contributed by atoms with Gasteiger partial charge in [0.2, 0.25) is 11.8 Å². The average Bonchev–Trinajstić information content (AvgIpc) is 2.66. The molecule has 26 heavy (non-hydrogen) atoms. The number of carbonyl (C=O) groups excluding carboxylic acids is 2. The molecule has 2 rings (SSSR count). The van der Waals surface area contributed by atoms with E-state index in [0.29, 0.717) is 43.8 Å². The summed E-state index contributed by atoms with van der Waals surface area (Å²) in [5.41, 5.74) is 0.0755. The summed E-state index contributed by atoms with van der Waals surface area (Å²) in [6.45, 7) is 2.06. The number of benzene rings is 1. The number of nitrogens with one attached hydrogen (secondary N) is 1. The summed E-state index contributed by atoms with van der Waals surface area (Å²) in [6, 6.07) is 7.50. The molecular weight excluding hydrogens is 356 g/mol. The van der Waals surface area contributed by atoms with Crippen molar-refractivity contribution in [3.8, 4) is 0 Å². The third-order valence-electron chi connectivity index (χ3n) is 5.13. The van der Waals surface area contributed by atoms with Crippen molar-refractivity contribution in [3.63, 3.8) is 0 Å². The number of halogens is 1. The van der Waals surface area contributed by atoms with E-state index in [9.17, 15) is 19.8 Å². The van der Waals surface area contributed by atoms with E-state index >= 15 is 0 Å². The van der Waals surface area contributed by atoms with Crippen LogP contribution in [0.1, 0.15) is 31.7 Å². The first-order valence-electron chi connectivity index (χ1n) is 8.99. The number of hydrogen-bond acceptors (Lipinski definition) is 4. The van der Waals surface area contributed by atoms with Crippen LogP contribution in [0.15, 0.2) is 24.3 Å². The Morgan fingerprint density at radius 3 is 2.54 bits per heavy atom. The van der Waals surface area contributed by atoms with Crippen molar-refractivity contribution < 1.29 is 19.8 Å². The summed E-state index contributed by atoms with van der Waals surface area (Å²) in [6.07, 6.45) is 1.94. The van der Waals surface area contributed by atoms with Crippen molar-refractivity contribution >= 4 is 23.4 Å². The summed E-state index contributed by atoms with van der Waals surface area (Å²) >= 11 is 5.88. The van der Waals surface area contributed by atoms with Crippen LogP contribution in [-0.2, 0) is 16.0 Å². The lowest BCUT2D eigenvalue weighted by Gasteiger charge is -2.35. The molecule has 0 unspecified atom stereocenters. The van der Waals surface area contributed by atoms with Crippen LogP contribution in [-0.4, -0.2) is 58.8 Å². The van der Waals surface area contributed by atoms with Gasteiger partial charge in [-0.3, -0.25) is 9.59 Å². The predicted molar refractivity (Wildman–Crippen MR) is 99.8 cm³/mol. The van der Waals surface area contributed by atoms with Crippen molar-refractivity contribution in [2.75, 3.05) is 26.3 Å². The van der Waals surface area contributed by atoms with Crippen molar-refractivity contribution in [2.45, 2.75) is 38.1 Å². The Hall–Kier alpha value is -1.63. The standard InChI is InChI=1S/C19H27ClN2O4/c1-2-19(12-23,13-24)21-18(26)15-5-8-17(25)22(11-15)10-9-14-3-6-16(20)7-4-14/h3-4,6-7,15,23-24H,2,5,8-13H2,1H3,(H,21,26)/t15-/m0/s1. The van der Waals surface area contributed by atoms with Gasteiger partial charge in [-0.1, -0.05) is 30.7 Å². The molecule has 3 N–H and O–H groups in total. The molecule has 0 saturated carbocycles. The largest absolute Gasteiger partial charge is 0.394 e. The summed E-state index contributed by atoms with van der Waals surface area (Å²) in [5, 5.41) is 22.4. The molecule has 1 fully saturated rings. The van der Waals surface area contributed by atoms with Gasteiger partial charge in [-0.05, 0) is 37.0 Å². The van der Waals surface area contributed by atoms with Gasteiger partial charge in [0.1, 0.15) is 0 Å². The van der Waals surface area contributed by atoms with Gasteiger partial charge in [0.05, 0.1) is 24.7 Å². The molecule has 1 saturated heterocycles. The highest BCUT2D eigenvalue weighted by Crippen LogP contribution is 2.20. The number of aliphatic hydroxyl groups excluding tert-OH is 2. The molecule has 1 aromatic rings. The van der Waals surface area contributed by atoms with E-state index in [4.69, 9.17) is 11.6 Å². The second-order valence-electron chi connectivity index (χ2n) is 6.89. The minimum atomic E-state index is -1.01. The molecule has 1 atom stereocenters. The van der Waals surface area contributed by atoms with Gasteiger partial charge >= 0.3 is 0 Å². The molecule has 0 bridgehead atoms. The maximum Gasteiger partial charge on any atom is 0.225 e. The highest BCUT2D eigenvalue weighted by Gasteiger charge is 2.35. The zero-order valence-electron chi connectivity index (χ0n) is 15.1. The number of nitrogens with zero attached hydrogens (tertiary/aromatic N) is 1. The van der Waals surface area contributed by atoms with Crippen LogP contribution in [0, 0.1) is 5.92 Å². The molecule has 0 radical (unpaired) electrons. The minimum absolute atomic E-state index is 0.0501. The highest BCUT2D eigenvalue weighted by atomic mass is 35.5. The Morgan fingerprint density at radius 1 is 1.31 bits per heavy atom. The number of piperidine rings is 1. The first-order valence-corrected chi connectivity index (χ1v) is 9.37. The minimum Gasteiger partial charge on any atom is -0.394 e. The summed E-state index contributed by atoms with van der Waals surface area (Å²) in [4.78, 5) is 26.5. The fourth-order valence-corrected chi connectivity index (χ4v) is 3.19. The smallest absolute Gasteiger partial charge is 0.225 e. The van der Waals surface area contributed by atoms with E-state index in [1.54, 1.807) is 11.8 Å². The number of amides is 2. The molecular formula is C19H27ClN2O4. The number of rotatable bonds is 8. The second kappa shape index (κ2) is 9.35. The van der Waals surface area contributed by atoms with E-state index in [2.05, 4.69) is 5.32 Å². The molecule has 144 valence electrons. The van der Waals surface area contributed by atoms with Crippen molar-refractivity contribution in [1.29, 1.82) is 0 Å². The van der Waals surface area contributed by atoms with Crippen molar-refractivity contribution in [2.24, 2.45) is 5.92 Å². The fourth-order valence-electron chi connectivity index (χ4n) is 3.06. The zero-order valence-corrected chi connectivity index (χ0v) is 15.8. The topological polar surface area (TPSA) is 89.9 Å². The van der Waals surface area contributed by atoms with Gasteiger partial charge in [-0.25, -0.2) is 0 Å². The van der Waals surface area contributed by atoms with Gasteiger partial charge in [-0.15, -0.1) is 0 Å². The first-order chi connectivity index (χ1) is 12.4. The Bertz CT molecular complexity index is 608. The molecule has 6 nitrogen and oxygen atoms in total. The fraction of sp³-hybridized carbons (Fsp3) is 0.579. The van der Waals surface area contributed by atoms with Crippen molar-refractivity contribution in [3.05, 3.63) is 34.9 Å². The molecule has 1 heterocycles. The predicted octanol–water partition coefficient (Wildman–Crippen LogP) is 1.37. The van der Waals surface area contributed by atoms with Crippen LogP contribution in [0.5, 0.6) is 0 Å². The van der Waals surface area contributed by atoms with Gasteiger partial charge in [0.15, 0.2) is 0 Å². The van der Waals surface area contributed by atoms with Crippen LogP contribution in [0.2, 0.25) is 5.02 Å². The Kier molecular flexibility index (Phi) is 7.43. The Morgan fingerprint density at radius 2 is 1.96 bits per heavy atom. The molecule has 1 aliphatic rings. The molecule has 2 amide bonds. The average molecular weight is 383 g/mol. The molecule has 0 aliphatic carbocycles. The lowest BCUT2D eigenvalue weighted by Crippen LogP contribution is -2.57. The second-order valence-corrected chi connectivity index (χ2v) is 7.33. The molecule has 0 spiro atoms. The van der Waals surface area contributed by atoms with Gasteiger partial charge in [-0.2, -0.15) is 0 Å². The Labute approximate surface area is 159 Å². The number of aliphatic hydroxyl groups is 2. The normalized spacial score (nSPS) is 18.1. The maximum atomic E-state index is 12.6. The van der Waals surface area contributed by atoms with Gasteiger partial charge < -0.3 is 20.4 Å². The molecule has 0 aromatic heterocycles. The molecule has 1 aliphatic heterocycles. The van der Waals surface area contributed by atoms with Crippen molar-refractivity contribution in [1.82, 2.24) is 10.2 Å². The van der Waals surface area contributed by atoms with Crippen LogP contribution in [0.25, 0.3) is 0 Å². The molecule has 1 aromatic carbocycles. The van der Waals surface area contributed by atoms with Gasteiger partial charge in [0.25, 0.3) is 0 Å². The van der Waals surface area contributed by atoms with E-state index in [1.165, 1.54) is 0 Å². The summed E-state index contributed by atoms with van der Waals surface area (Å²) < 4.78 is 0. The number of hydrogen-bond donors (Lipinski definition) is 3. The highest BCUT2D eigenvalue weighted by molar-refractivity contribution is 6.30. The SMILES string of the molecule is CCC(CO)(CO)NC(=O)[C@H]1CCC(=O)N(CCc2ccc(Cl)cc2)C1. The molecule has 7 heteroatoms. The van der Waals surface area contributed by atoms with Crippen LogP contribution < -0.4 is 5.32 Å². The summed E-state index contributed by atoms with van der Waals surface area (Å²) in [7, 11) is 0. The lowest BCUT2D eigenvalue weighted by molar-refractivity contribution is -0.139. The summed E-state index contributed by atoms with van der Waals surface area (Å²) in [5.74, 6) is -0.505. The van der Waals surface area contributed by atoms with Crippen LogP contribution in [0.4, 0.5) is 0 Å².